The van der Waals surface area contributed by atoms with Crippen LogP contribution in [0.1, 0.15) is 19.3 Å². The van der Waals surface area contributed by atoms with Gasteiger partial charge in [-0.05, 0) is 0 Å². The molecule has 2 amide bonds. The van der Waals surface area contributed by atoms with Crippen molar-refractivity contribution in [2.45, 2.75) is 24.5 Å². The highest BCUT2D eigenvalue weighted by atomic mass is 32.2. The average molecular weight is 295 g/mol. The SMILES string of the molecule is O=C(O)CC(C(=O)ON1C(=O)CCC1=O)S(=O)(=O)O. The van der Waals surface area contributed by atoms with Crippen LogP contribution >= 0.6 is 0 Å². The summed E-state index contributed by atoms with van der Waals surface area (Å²) < 4.78 is 30.4. The van der Waals surface area contributed by atoms with Crippen LogP contribution in [0.25, 0.3) is 0 Å². The fourth-order valence-corrected chi connectivity index (χ4v) is 1.91. The van der Waals surface area contributed by atoms with Gasteiger partial charge in [0.05, 0.1) is 6.42 Å². The molecule has 1 atom stereocenters. The van der Waals surface area contributed by atoms with Gasteiger partial charge in [0.1, 0.15) is 0 Å². The molecule has 106 valence electrons. The number of amides is 2. The molecule has 1 unspecified atom stereocenters. The molecule has 1 fully saturated rings. The Hall–Kier alpha value is -2.01. The van der Waals surface area contributed by atoms with Crippen LogP contribution in [-0.4, -0.2) is 52.1 Å². The molecule has 1 aliphatic rings. The van der Waals surface area contributed by atoms with E-state index < -0.39 is 45.5 Å². The molecule has 0 aromatic heterocycles. The van der Waals surface area contributed by atoms with Crippen LogP contribution in [0.4, 0.5) is 0 Å². The minimum atomic E-state index is -5.04. The molecule has 1 heterocycles. The number of carbonyl (C=O) groups excluding carboxylic acids is 3. The van der Waals surface area contributed by atoms with Gasteiger partial charge in [-0.1, -0.05) is 0 Å². The van der Waals surface area contributed by atoms with Gasteiger partial charge in [-0.2, -0.15) is 8.42 Å². The second-order valence-electron chi connectivity index (χ2n) is 3.59. The minimum absolute atomic E-state index is 0.0579. The maximum atomic E-state index is 11.4. The molecule has 0 aromatic carbocycles. The molecule has 2 N–H and O–H groups in total. The topological polar surface area (TPSA) is 155 Å². The molecule has 0 aromatic rings. The molecule has 1 aliphatic heterocycles. The Balaban J connectivity index is 2.86. The number of aliphatic carboxylic acids is 1. The average Bonchev–Trinajstić information content (AvgIpc) is 2.55. The van der Waals surface area contributed by atoms with Crippen molar-refractivity contribution in [3.05, 3.63) is 0 Å². The van der Waals surface area contributed by atoms with Crippen LogP contribution in [0.2, 0.25) is 0 Å². The molecule has 0 spiro atoms. The zero-order chi connectivity index (χ0) is 14.8. The van der Waals surface area contributed by atoms with Crippen molar-refractivity contribution in [1.29, 1.82) is 0 Å². The number of carboxylic acids is 1. The number of imide groups is 1. The Morgan fingerprint density at radius 2 is 1.74 bits per heavy atom. The van der Waals surface area contributed by atoms with Crippen molar-refractivity contribution in [1.82, 2.24) is 5.06 Å². The van der Waals surface area contributed by atoms with E-state index in [0.717, 1.165) is 0 Å². The van der Waals surface area contributed by atoms with E-state index >= 15 is 0 Å². The Bertz CT molecular complexity index is 520. The van der Waals surface area contributed by atoms with Crippen LogP contribution in [0.15, 0.2) is 0 Å². The van der Waals surface area contributed by atoms with Gasteiger partial charge in [0.2, 0.25) is 0 Å². The molecule has 1 rings (SSSR count). The molecule has 0 saturated carbocycles. The summed E-state index contributed by atoms with van der Waals surface area (Å²) in [6.45, 7) is 0. The minimum Gasteiger partial charge on any atom is -0.481 e. The third kappa shape index (κ3) is 3.72. The number of carbonyl (C=O) groups is 4. The van der Waals surface area contributed by atoms with Gasteiger partial charge in [-0.15, -0.1) is 5.06 Å². The third-order valence-corrected chi connectivity index (χ3v) is 3.25. The van der Waals surface area contributed by atoms with Gasteiger partial charge in [0, 0.05) is 12.8 Å². The molecule has 1 saturated heterocycles. The molecular weight excluding hydrogens is 286 g/mol. The number of hydroxylamine groups is 2. The van der Waals surface area contributed by atoms with Crippen molar-refractivity contribution < 1.29 is 42.1 Å². The largest absolute Gasteiger partial charge is 0.481 e. The zero-order valence-corrected chi connectivity index (χ0v) is 10.1. The normalized spacial score (nSPS) is 17.4. The summed E-state index contributed by atoms with van der Waals surface area (Å²) in [4.78, 5) is 48.2. The van der Waals surface area contributed by atoms with Gasteiger partial charge in [0.25, 0.3) is 21.9 Å². The monoisotopic (exact) mass is 295 g/mol. The van der Waals surface area contributed by atoms with E-state index in [1.165, 1.54) is 0 Å². The molecule has 0 aliphatic carbocycles. The van der Waals surface area contributed by atoms with Gasteiger partial charge in [-0.3, -0.25) is 18.9 Å². The molecule has 19 heavy (non-hydrogen) atoms. The maximum Gasteiger partial charge on any atom is 0.354 e. The summed E-state index contributed by atoms with van der Waals surface area (Å²) in [7, 11) is -5.04. The molecule has 0 radical (unpaired) electrons. The lowest BCUT2D eigenvalue weighted by atomic mass is 10.3. The van der Waals surface area contributed by atoms with Crippen LogP contribution in [0.3, 0.4) is 0 Å². The van der Waals surface area contributed by atoms with Gasteiger partial charge < -0.3 is 9.94 Å². The molecule has 0 bridgehead atoms. The predicted octanol–water partition coefficient (Wildman–Crippen LogP) is -1.68. The van der Waals surface area contributed by atoms with Crippen molar-refractivity contribution in [3.63, 3.8) is 0 Å². The summed E-state index contributed by atoms with van der Waals surface area (Å²) in [5.74, 6) is -5.11. The molecule has 11 heteroatoms. The number of nitrogens with zero attached hydrogens (tertiary/aromatic N) is 1. The quantitative estimate of drug-likeness (QED) is 0.447. The maximum absolute atomic E-state index is 11.4. The number of carboxylic acid groups (broad SMARTS) is 1. The molecular formula is C8H9NO9S. The van der Waals surface area contributed by atoms with Crippen molar-refractivity contribution in [2.24, 2.45) is 0 Å². The summed E-state index contributed by atoms with van der Waals surface area (Å²) >= 11 is 0. The Kier molecular flexibility index (Phi) is 4.21. The number of hydrogen-bond acceptors (Lipinski definition) is 7. The van der Waals surface area contributed by atoms with Crippen molar-refractivity contribution >= 4 is 33.9 Å². The zero-order valence-electron chi connectivity index (χ0n) is 9.31. The standard InChI is InChI=1S/C8H9NO9S/c10-5-1-2-6(11)9(5)18-8(14)4(3-7(12)13)19(15,16)17/h4H,1-3H2,(H,12,13)(H,15,16,17). The van der Waals surface area contributed by atoms with Crippen molar-refractivity contribution in [2.75, 3.05) is 0 Å². The van der Waals surface area contributed by atoms with E-state index in [0.29, 0.717) is 0 Å². The van der Waals surface area contributed by atoms with E-state index in [4.69, 9.17) is 9.66 Å². The Morgan fingerprint density at radius 3 is 2.11 bits per heavy atom. The van der Waals surface area contributed by atoms with Crippen LogP contribution < -0.4 is 0 Å². The lowest BCUT2D eigenvalue weighted by Crippen LogP contribution is -2.40. The molecule has 10 nitrogen and oxygen atoms in total. The first-order valence-electron chi connectivity index (χ1n) is 4.88. The van der Waals surface area contributed by atoms with Crippen LogP contribution in [-0.2, 0) is 34.1 Å². The first kappa shape index (κ1) is 15.0. The van der Waals surface area contributed by atoms with Gasteiger partial charge in [0.15, 0.2) is 5.25 Å². The van der Waals surface area contributed by atoms with E-state index in [1.807, 2.05) is 0 Å². The third-order valence-electron chi connectivity index (χ3n) is 2.17. The van der Waals surface area contributed by atoms with E-state index in [1.54, 1.807) is 0 Å². The van der Waals surface area contributed by atoms with E-state index in [9.17, 15) is 27.6 Å². The fourth-order valence-electron chi connectivity index (χ4n) is 1.28. The Labute approximate surface area is 106 Å². The van der Waals surface area contributed by atoms with Crippen LogP contribution in [0.5, 0.6) is 0 Å². The smallest absolute Gasteiger partial charge is 0.354 e. The highest BCUT2D eigenvalue weighted by molar-refractivity contribution is 7.87. The first-order chi connectivity index (χ1) is 8.62. The second kappa shape index (κ2) is 5.32. The summed E-state index contributed by atoms with van der Waals surface area (Å²) in [6, 6.07) is 0. The lowest BCUT2D eigenvalue weighted by Gasteiger charge is -2.16. The Morgan fingerprint density at radius 1 is 1.26 bits per heavy atom. The van der Waals surface area contributed by atoms with Gasteiger partial charge in [-0.25, -0.2) is 4.79 Å². The lowest BCUT2D eigenvalue weighted by molar-refractivity contribution is -0.197. The number of rotatable bonds is 5. The highest BCUT2D eigenvalue weighted by Crippen LogP contribution is 2.15. The van der Waals surface area contributed by atoms with E-state index in [2.05, 4.69) is 4.84 Å². The highest BCUT2D eigenvalue weighted by Gasteiger charge is 2.40. The van der Waals surface area contributed by atoms with Crippen molar-refractivity contribution in [3.8, 4) is 0 Å². The summed E-state index contributed by atoms with van der Waals surface area (Å²) in [5, 5.41) is 6.08. The summed E-state index contributed by atoms with van der Waals surface area (Å²) in [5.41, 5.74) is 0. The predicted molar refractivity (Wildman–Crippen MR) is 54.8 cm³/mol. The van der Waals surface area contributed by atoms with Gasteiger partial charge >= 0.3 is 11.9 Å². The first-order valence-corrected chi connectivity index (χ1v) is 6.39. The van der Waals surface area contributed by atoms with E-state index in [-0.39, 0.29) is 17.9 Å². The number of hydrogen-bond donors (Lipinski definition) is 2. The fraction of sp³-hybridized carbons (Fsp3) is 0.500. The van der Waals surface area contributed by atoms with Crippen LogP contribution in [0, 0.1) is 0 Å². The summed E-state index contributed by atoms with van der Waals surface area (Å²) in [6.07, 6.45) is -1.67. The second-order valence-corrected chi connectivity index (χ2v) is 5.19.